The minimum absolute atomic E-state index is 0.0843. The normalized spacial score (nSPS) is 21.9. The average Bonchev–Trinajstić information content (AvgIpc) is 4.24. The molecule has 3 aliphatic heterocycles. The lowest BCUT2D eigenvalue weighted by molar-refractivity contribution is -0.141. The summed E-state index contributed by atoms with van der Waals surface area (Å²) in [5.41, 5.74) is 13.7. The molecule has 1 saturated carbocycles. The summed E-state index contributed by atoms with van der Waals surface area (Å²) in [6, 6.07) is 17.6. The molecule has 0 bridgehead atoms. The zero-order chi connectivity index (χ0) is 52.3. The van der Waals surface area contributed by atoms with Crippen LogP contribution < -0.4 is 16.0 Å². The van der Waals surface area contributed by atoms with Crippen LogP contribution in [0.5, 0.6) is 5.75 Å². The third kappa shape index (κ3) is 11.8. The van der Waals surface area contributed by atoms with Crippen LogP contribution in [0.3, 0.4) is 0 Å². The summed E-state index contributed by atoms with van der Waals surface area (Å²) >= 11 is 1.60. The van der Waals surface area contributed by atoms with E-state index in [0.717, 1.165) is 104 Å². The molecule has 1 aliphatic carbocycles. The Morgan fingerprint density at radius 3 is 2.41 bits per heavy atom. The first-order chi connectivity index (χ1) is 36.2. The highest BCUT2D eigenvalue weighted by molar-refractivity contribution is 7.13. The Labute approximate surface area is 442 Å². The maximum atomic E-state index is 14.4. The average molecular weight is 1040 g/mol. The molecule has 6 aromatic rings. The zero-order valence-corrected chi connectivity index (χ0v) is 44.3. The number of amides is 2. The number of thiazole rings is 1. The van der Waals surface area contributed by atoms with Crippen LogP contribution in [0.1, 0.15) is 108 Å². The molecule has 2 aromatic carbocycles. The fourth-order valence-corrected chi connectivity index (χ4v) is 12.0. The Balaban J connectivity index is 0.643. The van der Waals surface area contributed by atoms with E-state index in [0.29, 0.717) is 34.4 Å². The van der Waals surface area contributed by atoms with Gasteiger partial charge >= 0.3 is 0 Å². The number of nitrogen functional groups attached to an aromatic ring is 1. The number of aliphatic hydroxyl groups is 1. The molecule has 0 unspecified atom stereocenters. The predicted octanol–water partition coefficient (Wildman–Crippen LogP) is 8.03. The summed E-state index contributed by atoms with van der Waals surface area (Å²) in [6.07, 6.45) is 9.65. The van der Waals surface area contributed by atoms with Crippen molar-refractivity contribution in [1.82, 2.24) is 45.2 Å². The van der Waals surface area contributed by atoms with Crippen LogP contribution in [0.4, 0.5) is 11.6 Å². The number of β-amino-alcohol motifs (C(OH)–C–C–N with tert-alkyl or cyclic N) is 1. The number of carbonyl (C=O) groups is 2. The number of likely N-dealkylation sites (tertiary alicyclic amines) is 2. The number of piperidine rings is 2. The largest absolute Gasteiger partial charge is 0.507 e. The number of phenolic OH excluding ortho intramolecular Hbond substituents is 1. The van der Waals surface area contributed by atoms with Gasteiger partial charge in [-0.1, -0.05) is 67.2 Å². The molecule has 4 fully saturated rings. The van der Waals surface area contributed by atoms with Crippen molar-refractivity contribution in [2.75, 3.05) is 49.9 Å². The lowest BCUT2D eigenvalue weighted by Crippen LogP contribution is -2.48. The van der Waals surface area contributed by atoms with Crippen LogP contribution in [0.2, 0.25) is 0 Å². The van der Waals surface area contributed by atoms with Gasteiger partial charge in [-0.25, -0.2) is 4.98 Å². The van der Waals surface area contributed by atoms with Crippen molar-refractivity contribution < 1.29 is 29.1 Å². The molecule has 0 spiro atoms. The van der Waals surface area contributed by atoms with E-state index in [9.17, 15) is 19.8 Å². The molecule has 5 atom stereocenters. The second kappa shape index (κ2) is 22.7. The second-order valence-corrected chi connectivity index (χ2v) is 22.3. The van der Waals surface area contributed by atoms with Crippen molar-refractivity contribution in [3.63, 3.8) is 0 Å². The van der Waals surface area contributed by atoms with Gasteiger partial charge in [0.2, 0.25) is 11.8 Å². The first kappa shape index (κ1) is 51.8. The number of rotatable bonds is 15. The van der Waals surface area contributed by atoms with E-state index in [-0.39, 0.29) is 66.6 Å². The first-order valence-electron chi connectivity index (χ1n) is 26.6. The Morgan fingerprint density at radius 2 is 1.69 bits per heavy atom. The Hall–Kier alpha value is -6.65. The fraction of sp³-hybridized carbons (Fsp3) is 0.491. The van der Waals surface area contributed by atoms with Crippen LogP contribution in [0.25, 0.3) is 32.8 Å². The highest BCUT2D eigenvalue weighted by Crippen LogP contribution is 2.37. The van der Waals surface area contributed by atoms with Crippen molar-refractivity contribution in [2.24, 2.45) is 17.8 Å². The highest BCUT2D eigenvalue weighted by atomic mass is 32.1. The number of aromatic hydroxyl groups is 1. The Morgan fingerprint density at radius 1 is 0.933 bits per heavy atom. The lowest BCUT2D eigenvalue weighted by atomic mass is 9.82. The number of phenols is 1. The molecule has 2 amide bonds. The van der Waals surface area contributed by atoms with Crippen molar-refractivity contribution in [2.45, 2.75) is 122 Å². The van der Waals surface area contributed by atoms with E-state index in [4.69, 9.17) is 15.0 Å². The number of nitrogens with two attached hydrogens (primary N) is 1. The number of nitrogens with zero attached hydrogens (tertiary/aromatic N) is 9. The van der Waals surface area contributed by atoms with Crippen LogP contribution >= 0.6 is 11.3 Å². The predicted molar refractivity (Wildman–Crippen MR) is 288 cm³/mol. The molecule has 18 heteroatoms. The van der Waals surface area contributed by atoms with E-state index < -0.39 is 18.1 Å². The van der Waals surface area contributed by atoms with Gasteiger partial charge in [0.05, 0.1) is 52.3 Å². The summed E-state index contributed by atoms with van der Waals surface area (Å²) in [7, 11) is 0. The van der Waals surface area contributed by atoms with Gasteiger partial charge < -0.3 is 45.2 Å². The summed E-state index contributed by atoms with van der Waals surface area (Å²) in [6.45, 7) is 14.9. The molecule has 4 aromatic heterocycles. The molecular formula is C57H69N11O6S. The van der Waals surface area contributed by atoms with Gasteiger partial charge in [-0.2, -0.15) is 5.10 Å². The number of para-hydroxylation sites is 1. The van der Waals surface area contributed by atoms with Gasteiger partial charge in [0, 0.05) is 80.6 Å². The number of nitrogens with one attached hydrogen (secondary N) is 1. The molecule has 0 radical (unpaired) electrons. The molecule has 75 heavy (non-hydrogen) atoms. The number of hydrogen-bond acceptors (Lipinski definition) is 15. The number of ether oxygens (including phenoxy) is 1. The van der Waals surface area contributed by atoms with Crippen LogP contribution in [-0.2, 0) is 14.3 Å². The molecule has 394 valence electrons. The van der Waals surface area contributed by atoms with Gasteiger partial charge in [-0.15, -0.1) is 21.5 Å². The van der Waals surface area contributed by atoms with Gasteiger partial charge in [0.1, 0.15) is 23.8 Å². The monoisotopic (exact) mass is 1040 g/mol. The molecule has 7 heterocycles. The number of hydrogen-bond donors (Lipinski definition) is 4. The van der Waals surface area contributed by atoms with E-state index in [1.54, 1.807) is 35.7 Å². The standard InChI is InChI=1S/C57H69N11O6S/c1-34(2)53(57(72)67-32-43(69)26-49(67)56(71)61-36(4)40-12-14-41(15-13-40)54-37(5)59-33-75-54)51-28-52(64-74-51)66-22-16-38(17-23-66)30-65-20-18-44(19-21-65)73-45-24-39(25-45)11-10-35(3)68-31-42(29-60-68)47-27-48(62-63-55(47)58)46-8-6-7-9-50(46)70/h6-9,12-15,27-29,31,33-36,38-39,43-45,49,53,69-70H,16-26,30,32H2,1-5H3,(H2,58,63)(H,61,71)/t35-,36+,39-,43-,45-,49+,53-/m1/s1. The van der Waals surface area contributed by atoms with E-state index in [1.165, 1.54) is 4.90 Å². The van der Waals surface area contributed by atoms with Gasteiger partial charge in [0.15, 0.2) is 17.4 Å². The quantitative estimate of drug-likeness (QED) is 0.0717. The van der Waals surface area contributed by atoms with Crippen molar-refractivity contribution in [3.8, 4) is 50.4 Å². The SMILES string of the molecule is Cc1ncsc1-c1ccc([C@H](C)NC(=O)[C@@H]2C[C@@H](O)CN2C(=O)[C@@H](c2cc(N3CCC(CN4CCC(O[C@H]5C[C@H](C#C[C@@H](C)n6cc(-c7cc(-c8ccccc8O)nnc7N)cn6)C5)CC4)CC3)no2)C(C)C)cc1. The number of anilines is 2. The van der Waals surface area contributed by atoms with Crippen LogP contribution in [0, 0.1) is 36.5 Å². The smallest absolute Gasteiger partial charge is 0.243 e. The minimum Gasteiger partial charge on any atom is -0.507 e. The Bertz CT molecular complexity index is 2990. The molecule has 17 nitrogen and oxygen atoms in total. The number of carbonyl (C=O) groups excluding carboxylic acids is 2. The molecule has 5 N–H and O–H groups in total. The topological polar surface area (TPSA) is 214 Å². The summed E-state index contributed by atoms with van der Waals surface area (Å²) < 4.78 is 14.4. The van der Waals surface area contributed by atoms with Crippen molar-refractivity contribution in [1.29, 1.82) is 0 Å². The number of aliphatic hydroxyl groups excluding tert-OH is 1. The van der Waals surface area contributed by atoms with E-state index in [2.05, 4.69) is 52.4 Å². The van der Waals surface area contributed by atoms with Crippen molar-refractivity contribution >= 4 is 34.8 Å². The molecule has 3 saturated heterocycles. The number of benzene rings is 2. The van der Waals surface area contributed by atoms with Crippen LogP contribution in [0.15, 0.2) is 83.1 Å². The first-order valence-corrected chi connectivity index (χ1v) is 27.5. The lowest BCUT2D eigenvalue weighted by Gasteiger charge is -2.40. The van der Waals surface area contributed by atoms with Gasteiger partial charge in [-0.05, 0) is 100 Å². The van der Waals surface area contributed by atoms with Crippen molar-refractivity contribution in [3.05, 3.63) is 95.6 Å². The fourth-order valence-electron chi connectivity index (χ4n) is 11.1. The summed E-state index contributed by atoms with van der Waals surface area (Å²) in [5.74, 6) is 8.10. The van der Waals surface area contributed by atoms with E-state index >= 15 is 0 Å². The maximum absolute atomic E-state index is 14.4. The molecule has 4 aliphatic rings. The zero-order valence-electron chi connectivity index (χ0n) is 43.5. The number of aryl methyl sites for hydroxylation is 1. The minimum atomic E-state index is -0.802. The third-order valence-electron chi connectivity index (χ3n) is 15.7. The molecule has 10 rings (SSSR count). The van der Waals surface area contributed by atoms with E-state index in [1.807, 2.05) is 93.5 Å². The summed E-state index contributed by atoms with van der Waals surface area (Å²) in [4.78, 5) is 40.0. The summed E-state index contributed by atoms with van der Waals surface area (Å²) in [5, 5.41) is 41.6. The Kier molecular flexibility index (Phi) is 15.7. The van der Waals surface area contributed by atoms with Gasteiger partial charge in [0.25, 0.3) is 0 Å². The maximum Gasteiger partial charge on any atom is 0.243 e. The highest BCUT2D eigenvalue weighted by Gasteiger charge is 2.44. The molecular weight excluding hydrogens is 967 g/mol. The van der Waals surface area contributed by atoms with Gasteiger partial charge in [-0.3, -0.25) is 14.3 Å². The number of aromatic nitrogens is 6. The van der Waals surface area contributed by atoms with Crippen LogP contribution in [-0.4, -0.2) is 126 Å². The third-order valence-corrected chi connectivity index (χ3v) is 16.7. The second-order valence-electron chi connectivity index (χ2n) is 21.4.